The molecule has 11 heteroatoms. The molecule has 136 valence electrons. The first kappa shape index (κ1) is 18.7. The third-order valence-corrected chi connectivity index (χ3v) is 4.01. The zero-order chi connectivity index (χ0) is 18.9. The third-order valence-electron chi connectivity index (χ3n) is 3.72. The van der Waals surface area contributed by atoms with E-state index in [1.54, 1.807) is 13.8 Å². The Labute approximate surface area is 147 Å². The summed E-state index contributed by atoms with van der Waals surface area (Å²) >= 11 is 6.04. The number of carbonyl (C=O) groups excluding carboxylic acids is 2. The van der Waals surface area contributed by atoms with Crippen LogP contribution in [0.3, 0.4) is 0 Å². The Hall–Kier alpha value is -2.62. The van der Waals surface area contributed by atoms with Gasteiger partial charge in [-0.25, -0.2) is 4.79 Å². The van der Waals surface area contributed by atoms with Crippen molar-refractivity contribution in [2.75, 3.05) is 6.54 Å². The van der Waals surface area contributed by atoms with Crippen molar-refractivity contribution in [3.8, 4) is 0 Å². The predicted molar refractivity (Wildman–Crippen MR) is 91.5 cm³/mol. The molecule has 0 bridgehead atoms. The van der Waals surface area contributed by atoms with E-state index in [0.717, 1.165) is 4.57 Å². The first-order valence-corrected chi connectivity index (χ1v) is 7.95. The summed E-state index contributed by atoms with van der Waals surface area (Å²) in [6.07, 6.45) is 0. The van der Waals surface area contributed by atoms with E-state index in [0.29, 0.717) is 6.54 Å². The molecule has 25 heavy (non-hydrogen) atoms. The number of nitrogens with zero attached hydrogens (tertiary/aromatic N) is 4. The van der Waals surface area contributed by atoms with Crippen LogP contribution in [0.15, 0.2) is 9.59 Å². The molecule has 0 fully saturated rings. The van der Waals surface area contributed by atoms with Crippen LogP contribution in [0.2, 0.25) is 5.28 Å². The highest BCUT2D eigenvalue weighted by Gasteiger charge is 2.21. The number of aromatic nitrogens is 4. The van der Waals surface area contributed by atoms with Crippen LogP contribution in [0.1, 0.15) is 13.8 Å². The molecule has 2 heterocycles. The van der Waals surface area contributed by atoms with Crippen molar-refractivity contribution in [2.24, 2.45) is 14.1 Å². The van der Waals surface area contributed by atoms with E-state index in [1.807, 2.05) is 0 Å². The van der Waals surface area contributed by atoms with Crippen LogP contribution >= 0.6 is 11.6 Å². The van der Waals surface area contributed by atoms with Gasteiger partial charge in [0.15, 0.2) is 11.2 Å². The van der Waals surface area contributed by atoms with Gasteiger partial charge in [-0.2, -0.15) is 4.98 Å². The van der Waals surface area contributed by atoms with Gasteiger partial charge < -0.3 is 10.6 Å². The molecule has 0 radical (unpaired) electrons. The number of carbonyl (C=O) groups is 2. The lowest BCUT2D eigenvalue weighted by atomic mass is 10.3. The quantitative estimate of drug-likeness (QED) is 0.636. The summed E-state index contributed by atoms with van der Waals surface area (Å²) in [5, 5.41) is 5.01. The highest BCUT2D eigenvalue weighted by molar-refractivity contribution is 6.29. The van der Waals surface area contributed by atoms with Crippen LogP contribution in [0, 0.1) is 0 Å². The van der Waals surface area contributed by atoms with E-state index in [1.165, 1.54) is 23.2 Å². The van der Waals surface area contributed by atoms with Crippen LogP contribution in [-0.4, -0.2) is 43.1 Å². The van der Waals surface area contributed by atoms with Crippen LogP contribution in [-0.2, 0) is 30.2 Å². The summed E-state index contributed by atoms with van der Waals surface area (Å²) in [6.45, 7) is 3.44. The fraction of sp³-hybridized carbons (Fsp3) is 0.500. The minimum Gasteiger partial charge on any atom is -0.355 e. The lowest BCUT2D eigenvalue weighted by molar-refractivity contribution is -0.128. The number of fused-ring (bicyclic) bond motifs is 1. The molecule has 0 aliphatic heterocycles. The normalized spacial score (nSPS) is 12.2. The van der Waals surface area contributed by atoms with Crippen molar-refractivity contribution >= 4 is 34.6 Å². The van der Waals surface area contributed by atoms with E-state index in [4.69, 9.17) is 11.6 Å². The minimum atomic E-state index is -0.742. The maximum absolute atomic E-state index is 12.4. The zero-order valence-electron chi connectivity index (χ0n) is 14.3. The van der Waals surface area contributed by atoms with Gasteiger partial charge in [0.2, 0.25) is 17.1 Å². The molecule has 0 saturated heterocycles. The third kappa shape index (κ3) is 3.43. The molecule has 0 aliphatic rings. The summed E-state index contributed by atoms with van der Waals surface area (Å²) in [5.41, 5.74) is -1.03. The van der Waals surface area contributed by atoms with Crippen molar-refractivity contribution in [3.63, 3.8) is 0 Å². The number of hydrogen-bond acceptors (Lipinski definition) is 5. The van der Waals surface area contributed by atoms with E-state index < -0.39 is 23.2 Å². The zero-order valence-corrected chi connectivity index (χ0v) is 15.0. The first-order chi connectivity index (χ1) is 11.7. The number of amides is 2. The molecule has 1 atom stereocenters. The van der Waals surface area contributed by atoms with Crippen molar-refractivity contribution < 1.29 is 9.59 Å². The largest absolute Gasteiger partial charge is 0.355 e. The van der Waals surface area contributed by atoms with Crippen LogP contribution < -0.4 is 21.9 Å². The van der Waals surface area contributed by atoms with Crippen molar-refractivity contribution in [2.45, 2.75) is 26.4 Å². The number of halogens is 1. The average Bonchev–Trinajstić information content (AvgIpc) is 2.87. The fourth-order valence-corrected chi connectivity index (χ4v) is 2.61. The number of likely N-dealkylation sites (N-methyl/N-ethyl adjacent to an activating group) is 1. The van der Waals surface area contributed by atoms with Gasteiger partial charge in [-0.3, -0.25) is 28.1 Å². The monoisotopic (exact) mass is 370 g/mol. The highest BCUT2D eigenvalue weighted by Crippen LogP contribution is 2.15. The van der Waals surface area contributed by atoms with Crippen LogP contribution in [0.25, 0.3) is 11.2 Å². The van der Waals surface area contributed by atoms with E-state index in [9.17, 15) is 19.2 Å². The molecule has 2 N–H and O–H groups in total. The smallest absolute Gasteiger partial charge is 0.332 e. The lowest BCUT2D eigenvalue weighted by Crippen LogP contribution is -2.46. The highest BCUT2D eigenvalue weighted by atomic mass is 35.5. The maximum Gasteiger partial charge on any atom is 0.332 e. The maximum atomic E-state index is 12.4. The van der Waals surface area contributed by atoms with Gasteiger partial charge in [-0.15, -0.1) is 0 Å². The molecular weight excluding hydrogens is 352 g/mol. The first-order valence-electron chi connectivity index (χ1n) is 7.57. The molecule has 0 aromatic carbocycles. The lowest BCUT2D eigenvalue weighted by Gasteiger charge is -2.14. The second-order valence-corrected chi connectivity index (χ2v) is 5.87. The summed E-state index contributed by atoms with van der Waals surface area (Å²) in [6, 6.07) is -0.742. The SMILES string of the molecule is CCNC(=O)[C@H](C)NC(=O)Cn1c(Cl)nc2c1c(=O)n(C)c(=O)n2C. The van der Waals surface area contributed by atoms with Gasteiger partial charge >= 0.3 is 5.69 Å². The number of imidazole rings is 1. The summed E-state index contributed by atoms with van der Waals surface area (Å²) in [7, 11) is 2.78. The Bertz CT molecular complexity index is 957. The molecule has 0 aliphatic carbocycles. The Morgan fingerprint density at radius 3 is 2.48 bits per heavy atom. The van der Waals surface area contributed by atoms with Gasteiger partial charge in [0.05, 0.1) is 0 Å². The van der Waals surface area contributed by atoms with Gasteiger partial charge in [-0.1, -0.05) is 0 Å². The number of rotatable bonds is 5. The van der Waals surface area contributed by atoms with Gasteiger partial charge in [0.1, 0.15) is 12.6 Å². The molecule has 0 spiro atoms. The topological polar surface area (TPSA) is 120 Å². The summed E-state index contributed by atoms with van der Waals surface area (Å²) in [4.78, 5) is 52.2. The van der Waals surface area contributed by atoms with Crippen LogP contribution in [0.5, 0.6) is 0 Å². The van der Waals surface area contributed by atoms with Gasteiger partial charge in [-0.05, 0) is 25.4 Å². The molecule has 2 rings (SSSR count). The number of aryl methyl sites for hydroxylation is 1. The Kier molecular flexibility index (Phi) is 5.31. The molecule has 2 aromatic rings. The average molecular weight is 371 g/mol. The molecule has 10 nitrogen and oxygen atoms in total. The Morgan fingerprint density at radius 2 is 1.88 bits per heavy atom. The Morgan fingerprint density at radius 1 is 1.24 bits per heavy atom. The molecule has 0 saturated carbocycles. The van der Waals surface area contributed by atoms with Gasteiger partial charge in [0, 0.05) is 20.6 Å². The van der Waals surface area contributed by atoms with Gasteiger partial charge in [0.25, 0.3) is 5.56 Å². The predicted octanol–water partition coefficient (Wildman–Crippen LogP) is -1.27. The molecular formula is C14H19ClN6O4. The Balaban J connectivity index is 2.38. The van der Waals surface area contributed by atoms with Crippen molar-refractivity contribution in [1.29, 1.82) is 0 Å². The minimum absolute atomic E-state index is 0.0374. The second kappa shape index (κ2) is 7.09. The summed E-state index contributed by atoms with van der Waals surface area (Å²) in [5.74, 6) is -0.841. The molecule has 0 unspecified atom stereocenters. The number of nitrogens with one attached hydrogen (secondary N) is 2. The molecule has 2 amide bonds. The van der Waals surface area contributed by atoms with E-state index in [-0.39, 0.29) is 28.9 Å². The van der Waals surface area contributed by atoms with E-state index in [2.05, 4.69) is 15.6 Å². The second-order valence-electron chi connectivity index (χ2n) is 5.53. The number of hydrogen-bond donors (Lipinski definition) is 2. The van der Waals surface area contributed by atoms with Crippen molar-refractivity contribution in [3.05, 3.63) is 26.1 Å². The molecule has 2 aromatic heterocycles. The van der Waals surface area contributed by atoms with E-state index >= 15 is 0 Å². The van der Waals surface area contributed by atoms with Crippen LogP contribution in [0.4, 0.5) is 0 Å². The fourth-order valence-electron chi connectivity index (χ4n) is 2.39. The summed E-state index contributed by atoms with van der Waals surface area (Å²) < 4.78 is 3.29. The van der Waals surface area contributed by atoms with Crippen molar-refractivity contribution in [1.82, 2.24) is 29.3 Å². The standard InChI is InChI=1S/C14H19ClN6O4/c1-5-16-11(23)7(2)17-8(22)6-21-9-10(18-13(21)15)19(3)14(25)20(4)12(9)24/h7H,5-6H2,1-4H3,(H,16,23)(H,17,22)/t7-/m0/s1.